The van der Waals surface area contributed by atoms with Crippen LogP contribution in [0.2, 0.25) is 0 Å². The van der Waals surface area contributed by atoms with E-state index in [4.69, 9.17) is 0 Å². The lowest BCUT2D eigenvalue weighted by molar-refractivity contribution is 0.0993. The molecule has 7 heteroatoms. The average molecular weight is 417 g/mol. The van der Waals surface area contributed by atoms with Crippen LogP contribution in [0.15, 0.2) is 42.5 Å². The van der Waals surface area contributed by atoms with E-state index < -0.39 is 33.4 Å². The quantitative estimate of drug-likeness (QED) is 0.710. The minimum absolute atomic E-state index is 0.0862. The summed E-state index contributed by atoms with van der Waals surface area (Å²) in [6.07, 6.45) is 3.09. The highest BCUT2D eigenvalue weighted by molar-refractivity contribution is 7.90. The van der Waals surface area contributed by atoms with Crippen LogP contribution in [0.5, 0.6) is 0 Å². The van der Waals surface area contributed by atoms with Gasteiger partial charge in [0.05, 0.1) is 17.4 Å². The van der Waals surface area contributed by atoms with Gasteiger partial charge in [0.2, 0.25) is 10.0 Å². The SMILES string of the molecule is Cc1cc(-c2ccccc2)cc(C(=O)CNS(=O)(=O)C2CC3CCC(C2)N3)c1F. The molecule has 2 fully saturated rings. The predicted molar refractivity (Wildman–Crippen MR) is 111 cm³/mol. The van der Waals surface area contributed by atoms with E-state index in [0.717, 1.165) is 24.0 Å². The zero-order valence-electron chi connectivity index (χ0n) is 16.3. The van der Waals surface area contributed by atoms with Crippen LogP contribution in [0.3, 0.4) is 0 Å². The molecule has 0 aliphatic carbocycles. The van der Waals surface area contributed by atoms with Gasteiger partial charge in [0.1, 0.15) is 5.82 Å². The van der Waals surface area contributed by atoms with Crippen LogP contribution < -0.4 is 10.0 Å². The Morgan fingerprint density at radius 1 is 1.10 bits per heavy atom. The number of ketones is 1. The van der Waals surface area contributed by atoms with Crippen LogP contribution in [-0.2, 0) is 10.0 Å². The molecule has 0 aromatic heterocycles. The third-order valence-corrected chi connectivity index (χ3v) is 7.77. The monoisotopic (exact) mass is 416 g/mol. The summed E-state index contributed by atoms with van der Waals surface area (Å²) >= 11 is 0. The van der Waals surface area contributed by atoms with Crippen molar-refractivity contribution in [2.75, 3.05) is 6.54 Å². The van der Waals surface area contributed by atoms with Gasteiger partial charge in [0.25, 0.3) is 0 Å². The van der Waals surface area contributed by atoms with Crippen LogP contribution >= 0.6 is 0 Å². The van der Waals surface area contributed by atoms with Crippen LogP contribution in [0.1, 0.15) is 41.6 Å². The molecule has 0 amide bonds. The van der Waals surface area contributed by atoms with E-state index in [1.165, 1.54) is 6.07 Å². The molecule has 0 spiro atoms. The predicted octanol–water partition coefficient (Wildman–Crippen LogP) is 3.19. The molecule has 2 aromatic rings. The number of rotatable bonds is 6. The second-order valence-electron chi connectivity index (χ2n) is 8.04. The molecule has 0 saturated carbocycles. The Hall–Kier alpha value is -2.09. The molecule has 29 heavy (non-hydrogen) atoms. The fourth-order valence-corrected chi connectivity index (χ4v) is 5.95. The summed E-state index contributed by atoms with van der Waals surface area (Å²) < 4.78 is 42.4. The van der Waals surface area contributed by atoms with E-state index >= 15 is 0 Å². The van der Waals surface area contributed by atoms with Crippen molar-refractivity contribution in [2.24, 2.45) is 0 Å². The fourth-order valence-electron chi connectivity index (χ4n) is 4.41. The van der Waals surface area contributed by atoms with Gasteiger partial charge < -0.3 is 5.32 Å². The highest BCUT2D eigenvalue weighted by Crippen LogP contribution is 2.30. The average Bonchev–Trinajstić information content (AvgIpc) is 3.06. The molecule has 2 saturated heterocycles. The minimum atomic E-state index is -3.63. The summed E-state index contributed by atoms with van der Waals surface area (Å²) in [5, 5.41) is 2.91. The summed E-state index contributed by atoms with van der Waals surface area (Å²) in [5.41, 5.74) is 1.87. The van der Waals surface area contributed by atoms with Crippen molar-refractivity contribution in [1.82, 2.24) is 10.0 Å². The van der Waals surface area contributed by atoms with Crippen molar-refractivity contribution < 1.29 is 17.6 Å². The molecule has 4 rings (SSSR count). The van der Waals surface area contributed by atoms with Crippen LogP contribution in [0.4, 0.5) is 4.39 Å². The number of piperidine rings is 1. The molecule has 154 valence electrons. The summed E-state index contributed by atoms with van der Waals surface area (Å²) in [6, 6.07) is 13.0. The zero-order chi connectivity index (χ0) is 20.6. The number of sulfonamides is 1. The summed E-state index contributed by atoms with van der Waals surface area (Å²) in [5.74, 6) is -1.17. The lowest BCUT2D eigenvalue weighted by atomic mass is 9.98. The number of aryl methyl sites for hydroxylation is 1. The molecule has 5 nitrogen and oxygen atoms in total. The first kappa shape index (κ1) is 20.2. The summed E-state index contributed by atoms with van der Waals surface area (Å²) in [6.45, 7) is 1.17. The highest BCUT2D eigenvalue weighted by atomic mass is 32.2. The lowest BCUT2D eigenvalue weighted by Crippen LogP contribution is -2.47. The van der Waals surface area contributed by atoms with E-state index in [2.05, 4.69) is 10.0 Å². The fraction of sp³-hybridized carbons (Fsp3) is 0.409. The molecule has 2 aliphatic heterocycles. The van der Waals surface area contributed by atoms with Crippen molar-refractivity contribution in [3.8, 4) is 11.1 Å². The third kappa shape index (κ3) is 4.27. The maximum Gasteiger partial charge on any atom is 0.215 e. The van der Waals surface area contributed by atoms with Crippen molar-refractivity contribution in [3.63, 3.8) is 0 Å². The standard InChI is InChI=1S/C22H25FN2O3S/c1-14-9-16(15-5-3-2-4-6-15)10-20(22(14)23)21(26)13-24-29(27,28)19-11-17-7-8-18(12-19)25-17/h2-6,9-10,17-19,24-25H,7-8,11-13H2,1H3. The van der Waals surface area contributed by atoms with Crippen molar-refractivity contribution in [2.45, 2.75) is 49.9 Å². The molecule has 2 atom stereocenters. The Kier molecular flexibility index (Phi) is 5.55. The van der Waals surface area contributed by atoms with E-state index in [9.17, 15) is 17.6 Å². The number of hydrogen-bond donors (Lipinski definition) is 2. The van der Waals surface area contributed by atoms with Crippen molar-refractivity contribution in [3.05, 3.63) is 59.4 Å². The number of halogens is 1. The Balaban J connectivity index is 1.50. The number of hydrogen-bond acceptors (Lipinski definition) is 4. The first-order valence-electron chi connectivity index (χ1n) is 9.97. The van der Waals surface area contributed by atoms with Crippen molar-refractivity contribution in [1.29, 1.82) is 0 Å². The summed E-state index contributed by atoms with van der Waals surface area (Å²) in [7, 11) is -3.63. The van der Waals surface area contributed by atoms with Crippen LogP contribution in [0, 0.1) is 12.7 Å². The highest BCUT2D eigenvalue weighted by Gasteiger charge is 2.39. The first-order valence-corrected chi connectivity index (χ1v) is 11.5. The molecule has 2 bridgehead atoms. The minimum Gasteiger partial charge on any atom is -0.311 e. The number of benzene rings is 2. The Labute approximate surface area is 170 Å². The number of nitrogens with one attached hydrogen (secondary N) is 2. The topological polar surface area (TPSA) is 75.3 Å². The lowest BCUT2D eigenvalue weighted by Gasteiger charge is -2.28. The first-order chi connectivity index (χ1) is 13.8. The van der Waals surface area contributed by atoms with Gasteiger partial charge in [-0.2, -0.15) is 0 Å². The summed E-state index contributed by atoms with van der Waals surface area (Å²) in [4.78, 5) is 12.7. The molecule has 2 aromatic carbocycles. The second kappa shape index (κ2) is 7.97. The number of carbonyl (C=O) groups is 1. The smallest absolute Gasteiger partial charge is 0.215 e. The maximum absolute atomic E-state index is 14.6. The van der Waals surface area contributed by atoms with Gasteiger partial charge in [-0.05, 0) is 61.4 Å². The van der Waals surface area contributed by atoms with Gasteiger partial charge >= 0.3 is 0 Å². The van der Waals surface area contributed by atoms with Gasteiger partial charge in [-0.3, -0.25) is 4.79 Å². The molecule has 2 N–H and O–H groups in total. The molecular weight excluding hydrogens is 391 g/mol. The van der Waals surface area contributed by atoms with Gasteiger partial charge in [0.15, 0.2) is 5.78 Å². The van der Waals surface area contributed by atoms with Crippen molar-refractivity contribution >= 4 is 15.8 Å². The zero-order valence-corrected chi connectivity index (χ0v) is 17.1. The van der Waals surface area contributed by atoms with E-state index in [1.807, 2.05) is 30.3 Å². The van der Waals surface area contributed by atoms with Crippen LogP contribution in [-0.4, -0.2) is 38.1 Å². The van der Waals surface area contributed by atoms with E-state index in [0.29, 0.717) is 18.4 Å². The normalized spacial score (nSPS) is 23.9. The Morgan fingerprint density at radius 3 is 2.41 bits per heavy atom. The van der Waals surface area contributed by atoms with Gasteiger partial charge in [-0.1, -0.05) is 30.3 Å². The molecule has 2 heterocycles. The molecule has 2 unspecified atom stereocenters. The Morgan fingerprint density at radius 2 is 1.76 bits per heavy atom. The largest absolute Gasteiger partial charge is 0.311 e. The van der Waals surface area contributed by atoms with E-state index in [-0.39, 0.29) is 17.6 Å². The molecule has 2 aliphatic rings. The third-order valence-electron chi connectivity index (χ3n) is 5.96. The number of carbonyl (C=O) groups excluding carboxylic acids is 1. The van der Waals surface area contributed by atoms with Gasteiger partial charge in [-0.15, -0.1) is 0 Å². The number of Topliss-reactive ketones (excluding diaryl/α,β-unsaturated/α-hetero) is 1. The number of fused-ring (bicyclic) bond motifs is 2. The van der Waals surface area contributed by atoms with Gasteiger partial charge in [0, 0.05) is 12.1 Å². The Bertz CT molecular complexity index is 1010. The second-order valence-corrected chi connectivity index (χ2v) is 10.1. The van der Waals surface area contributed by atoms with E-state index in [1.54, 1.807) is 13.0 Å². The van der Waals surface area contributed by atoms with Gasteiger partial charge in [-0.25, -0.2) is 17.5 Å². The van der Waals surface area contributed by atoms with Crippen LogP contribution in [0.25, 0.3) is 11.1 Å². The maximum atomic E-state index is 14.6. The molecular formula is C22H25FN2O3S. The molecule has 0 radical (unpaired) electrons.